The third kappa shape index (κ3) is 5.35. The maximum atomic E-state index is 5.89. The third-order valence-electron chi connectivity index (χ3n) is 4.16. The maximum absolute atomic E-state index is 5.89. The maximum Gasteiger partial charge on any atom is 0.229 e. The highest BCUT2D eigenvalue weighted by molar-refractivity contribution is 6.30. The molecule has 5 nitrogen and oxygen atoms in total. The molecule has 1 aromatic heterocycles. The summed E-state index contributed by atoms with van der Waals surface area (Å²) in [6, 6.07) is 9.39. The summed E-state index contributed by atoms with van der Waals surface area (Å²) in [6.45, 7) is 4.59. The molecule has 0 bridgehead atoms. The van der Waals surface area contributed by atoms with Gasteiger partial charge in [0.15, 0.2) is 0 Å². The minimum atomic E-state index is 0.582. The lowest BCUT2D eigenvalue weighted by Crippen LogP contribution is -2.31. The Morgan fingerprint density at radius 3 is 2.62 bits per heavy atom. The fraction of sp³-hybridized carbons (Fsp3) is 0.444. The molecule has 24 heavy (non-hydrogen) atoms. The number of hydrogen-bond acceptors (Lipinski definition) is 5. The van der Waals surface area contributed by atoms with E-state index in [9.17, 15) is 0 Å². The van der Waals surface area contributed by atoms with Crippen molar-refractivity contribution >= 4 is 29.1 Å². The van der Waals surface area contributed by atoms with Gasteiger partial charge >= 0.3 is 0 Å². The van der Waals surface area contributed by atoms with Gasteiger partial charge < -0.3 is 15.5 Å². The molecule has 3 rings (SSSR count). The van der Waals surface area contributed by atoms with Crippen LogP contribution in [0.1, 0.15) is 25.7 Å². The second-order valence-corrected chi connectivity index (χ2v) is 6.52. The molecule has 0 amide bonds. The van der Waals surface area contributed by atoms with Crippen molar-refractivity contribution in [2.24, 2.45) is 0 Å². The zero-order valence-electron chi connectivity index (χ0n) is 13.8. The van der Waals surface area contributed by atoms with Gasteiger partial charge in [-0.15, -0.1) is 0 Å². The Labute approximate surface area is 148 Å². The highest BCUT2D eigenvalue weighted by Crippen LogP contribution is 2.17. The van der Waals surface area contributed by atoms with Gasteiger partial charge in [-0.1, -0.05) is 18.0 Å². The van der Waals surface area contributed by atoms with Crippen molar-refractivity contribution in [3.8, 4) is 0 Å². The molecule has 0 unspecified atom stereocenters. The van der Waals surface area contributed by atoms with Crippen molar-refractivity contribution in [2.75, 3.05) is 36.8 Å². The first kappa shape index (κ1) is 17.0. The second-order valence-electron chi connectivity index (χ2n) is 6.08. The number of likely N-dealkylation sites (tertiary alicyclic amines) is 1. The smallest absolute Gasteiger partial charge is 0.229 e. The van der Waals surface area contributed by atoms with Crippen LogP contribution in [0.25, 0.3) is 0 Å². The van der Waals surface area contributed by atoms with E-state index in [1.54, 1.807) is 6.20 Å². The Hall–Kier alpha value is -1.85. The van der Waals surface area contributed by atoms with Gasteiger partial charge in [0, 0.05) is 23.5 Å². The summed E-state index contributed by atoms with van der Waals surface area (Å²) in [5, 5.41) is 7.28. The number of nitrogens with zero attached hydrogens (tertiary/aromatic N) is 3. The van der Waals surface area contributed by atoms with Crippen LogP contribution in [-0.2, 0) is 0 Å². The van der Waals surface area contributed by atoms with Crippen molar-refractivity contribution in [1.29, 1.82) is 0 Å². The first-order valence-electron chi connectivity index (χ1n) is 8.61. The minimum Gasteiger partial charge on any atom is -0.370 e. The third-order valence-corrected chi connectivity index (χ3v) is 4.41. The first-order valence-corrected chi connectivity index (χ1v) is 8.99. The monoisotopic (exact) mass is 345 g/mol. The molecular weight excluding hydrogens is 322 g/mol. The summed E-state index contributed by atoms with van der Waals surface area (Å²) in [7, 11) is 0. The van der Waals surface area contributed by atoms with E-state index >= 15 is 0 Å². The normalized spacial score (nSPS) is 15.2. The lowest BCUT2D eigenvalue weighted by atomic mass is 10.1. The Morgan fingerprint density at radius 2 is 1.83 bits per heavy atom. The van der Waals surface area contributed by atoms with Crippen molar-refractivity contribution in [2.45, 2.75) is 25.7 Å². The topological polar surface area (TPSA) is 53.1 Å². The highest BCUT2D eigenvalue weighted by Gasteiger charge is 2.08. The number of benzene rings is 1. The SMILES string of the molecule is Clc1ccc(Nc2nccc(NCCCN3CCCCC3)n2)cc1. The fourth-order valence-corrected chi connectivity index (χ4v) is 3.01. The van der Waals surface area contributed by atoms with Crippen molar-refractivity contribution in [3.63, 3.8) is 0 Å². The quantitative estimate of drug-likeness (QED) is 0.738. The average molecular weight is 346 g/mol. The van der Waals surface area contributed by atoms with E-state index in [0.717, 1.165) is 31.0 Å². The Kier molecular flexibility index (Phi) is 6.26. The number of piperidine rings is 1. The van der Waals surface area contributed by atoms with Crippen molar-refractivity contribution in [1.82, 2.24) is 14.9 Å². The predicted octanol–water partition coefficient (Wildman–Crippen LogP) is 4.16. The Balaban J connectivity index is 1.45. The van der Waals surface area contributed by atoms with E-state index < -0.39 is 0 Å². The predicted molar refractivity (Wildman–Crippen MR) is 100 cm³/mol. The summed E-state index contributed by atoms with van der Waals surface area (Å²) in [4.78, 5) is 11.3. The van der Waals surface area contributed by atoms with Crippen LogP contribution in [0.5, 0.6) is 0 Å². The van der Waals surface area contributed by atoms with Gasteiger partial charge in [-0.05, 0) is 69.2 Å². The largest absolute Gasteiger partial charge is 0.370 e. The molecular formula is C18H24ClN5. The summed E-state index contributed by atoms with van der Waals surface area (Å²) in [5.41, 5.74) is 0.918. The van der Waals surface area contributed by atoms with Gasteiger partial charge in [-0.2, -0.15) is 4.98 Å². The van der Waals surface area contributed by atoms with Crippen LogP contribution in [0.2, 0.25) is 5.02 Å². The van der Waals surface area contributed by atoms with Gasteiger partial charge in [-0.25, -0.2) is 4.98 Å². The zero-order valence-corrected chi connectivity index (χ0v) is 14.6. The zero-order chi connectivity index (χ0) is 16.6. The van der Waals surface area contributed by atoms with Gasteiger partial charge in [0.05, 0.1) is 0 Å². The van der Waals surface area contributed by atoms with Gasteiger partial charge in [-0.3, -0.25) is 0 Å². The number of hydrogen-bond donors (Lipinski definition) is 2. The van der Waals surface area contributed by atoms with Crippen LogP contribution in [-0.4, -0.2) is 41.0 Å². The van der Waals surface area contributed by atoms with Crippen molar-refractivity contribution in [3.05, 3.63) is 41.6 Å². The molecule has 2 heterocycles. The standard InChI is InChI=1S/C18H24ClN5/c19-15-5-7-16(8-6-15)22-18-21-11-9-17(23-18)20-10-4-14-24-12-2-1-3-13-24/h5-9,11H,1-4,10,12-14H2,(H2,20,21,22,23). The van der Waals surface area contributed by atoms with Crippen LogP contribution in [0.15, 0.2) is 36.5 Å². The molecule has 1 aliphatic rings. The molecule has 1 saturated heterocycles. The molecule has 1 fully saturated rings. The van der Waals surface area contributed by atoms with E-state index in [4.69, 9.17) is 11.6 Å². The molecule has 1 aromatic carbocycles. The molecule has 0 spiro atoms. The second kappa shape index (κ2) is 8.85. The fourth-order valence-electron chi connectivity index (χ4n) is 2.88. The number of nitrogens with one attached hydrogen (secondary N) is 2. The molecule has 0 saturated carbocycles. The van der Waals surface area contributed by atoms with Crippen LogP contribution >= 0.6 is 11.6 Å². The number of anilines is 3. The molecule has 0 atom stereocenters. The van der Waals surface area contributed by atoms with Crippen LogP contribution in [0, 0.1) is 0 Å². The molecule has 2 N–H and O–H groups in total. The molecule has 0 radical (unpaired) electrons. The Bertz CT molecular complexity index is 626. The van der Waals surface area contributed by atoms with E-state index in [-0.39, 0.29) is 0 Å². The molecule has 128 valence electrons. The number of aromatic nitrogens is 2. The Morgan fingerprint density at radius 1 is 1.04 bits per heavy atom. The average Bonchev–Trinajstić information content (AvgIpc) is 2.62. The number of halogens is 1. The minimum absolute atomic E-state index is 0.582. The van der Waals surface area contributed by atoms with Gasteiger partial charge in [0.25, 0.3) is 0 Å². The van der Waals surface area contributed by atoms with Crippen molar-refractivity contribution < 1.29 is 0 Å². The summed E-state index contributed by atoms with van der Waals surface area (Å²) in [5.74, 6) is 1.43. The first-order chi connectivity index (χ1) is 11.8. The van der Waals surface area contributed by atoms with E-state index in [1.165, 1.54) is 32.4 Å². The van der Waals surface area contributed by atoms with Gasteiger partial charge in [0.1, 0.15) is 5.82 Å². The lowest BCUT2D eigenvalue weighted by Gasteiger charge is -2.26. The molecule has 0 aliphatic carbocycles. The molecule has 6 heteroatoms. The molecule has 2 aromatic rings. The molecule has 1 aliphatic heterocycles. The van der Waals surface area contributed by atoms with Crippen LogP contribution < -0.4 is 10.6 Å². The lowest BCUT2D eigenvalue weighted by molar-refractivity contribution is 0.228. The van der Waals surface area contributed by atoms with E-state index in [1.807, 2.05) is 30.3 Å². The van der Waals surface area contributed by atoms with E-state index in [2.05, 4.69) is 25.5 Å². The van der Waals surface area contributed by atoms with E-state index in [0.29, 0.717) is 11.0 Å². The van der Waals surface area contributed by atoms with Crippen LogP contribution in [0.4, 0.5) is 17.5 Å². The summed E-state index contributed by atoms with van der Waals surface area (Å²) < 4.78 is 0. The number of rotatable bonds is 7. The van der Waals surface area contributed by atoms with Gasteiger partial charge in [0.2, 0.25) is 5.95 Å². The summed E-state index contributed by atoms with van der Waals surface area (Å²) in [6.07, 6.45) is 6.97. The summed E-state index contributed by atoms with van der Waals surface area (Å²) >= 11 is 5.89. The highest BCUT2D eigenvalue weighted by atomic mass is 35.5. The van der Waals surface area contributed by atoms with Crippen LogP contribution in [0.3, 0.4) is 0 Å².